The lowest BCUT2D eigenvalue weighted by Crippen LogP contribution is -2.18. The average Bonchev–Trinajstić information content (AvgIpc) is 2.49. The lowest BCUT2D eigenvalue weighted by atomic mass is 9.97. The topological polar surface area (TPSA) is 30.5 Å². The molecule has 0 aliphatic heterocycles. The van der Waals surface area contributed by atoms with Gasteiger partial charge in [-0.3, -0.25) is 0 Å². The summed E-state index contributed by atoms with van der Waals surface area (Å²) in [6, 6.07) is 4.10. The van der Waals surface area contributed by atoms with Gasteiger partial charge in [-0.1, -0.05) is 19.9 Å². The summed E-state index contributed by atoms with van der Waals surface area (Å²) in [4.78, 5) is 0. The van der Waals surface area contributed by atoms with Crippen molar-refractivity contribution in [3.8, 4) is 11.5 Å². The smallest absolute Gasteiger partial charge is 0.139 e. The zero-order chi connectivity index (χ0) is 15.7. The molecule has 1 N–H and O–H groups in total. The monoisotopic (exact) mass is 357 g/mol. The van der Waals surface area contributed by atoms with Crippen molar-refractivity contribution >= 4 is 15.9 Å². The highest BCUT2D eigenvalue weighted by Crippen LogP contribution is 2.37. The van der Waals surface area contributed by atoms with Crippen molar-refractivity contribution in [1.29, 1.82) is 0 Å². The van der Waals surface area contributed by atoms with E-state index in [1.165, 1.54) is 24.8 Å². The molecule has 0 aliphatic carbocycles. The van der Waals surface area contributed by atoms with Crippen molar-refractivity contribution in [3.63, 3.8) is 0 Å². The Morgan fingerprint density at radius 3 is 2.52 bits per heavy atom. The van der Waals surface area contributed by atoms with Crippen molar-refractivity contribution in [2.24, 2.45) is 5.92 Å². The van der Waals surface area contributed by atoms with Gasteiger partial charge < -0.3 is 14.8 Å². The maximum atomic E-state index is 5.52. The number of ether oxygens (including phenoxy) is 2. The van der Waals surface area contributed by atoms with E-state index in [4.69, 9.17) is 9.47 Å². The van der Waals surface area contributed by atoms with Crippen LogP contribution in [0.4, 0.5) is 0 Å². The van der Waals surface area contributed by atoms with Crippen LogP contribution in [0.15, 0.2) is 16.6 Å². The molecule has 1 aromatic rings. The second kappa shape index (κ2) is 10.1. The van der Waals surface area contributed by atoms with Crippen molar-refractivity contribution in [3.05, 3.63) is 22.2 Å². The second-order valence-electron chi connectivity index (χ2n) is 5.46. The fourth-order valence-electron chi connectivity index (χ4n) is 2.35. The number of hydrogen-bond acceptors (Lipinski definition) is 3. The lowest BCUT2D eigenvalue weighted by Gasteiger charge is -2.16. The number of hydrogen-bond donors (Lipinski definition) is 1. The third-order valence-corrected chi connectivity index (χ3v) is 4.47. The number of methoxy groups -OCH3 is 2. The van der Waals surface area contributed by atoms with Crippen molar-refractivity contribution in [1.82, 2.24) is 5.32 Å². The third-order valence-electron chi connectivity index (χ3n) is 3.71. The molecule has 0 saturated heterocycles. The predicted octanol–water partition coefficient (Wildman–Crippen LogP) is 4.42. The molecule has 0 bridgehead atoms. The van der Waals surface area contributed by atoms with Gasteiger partial charge in [0.25, 0.3) is 0 Å². The van der Waals surface area contributed by atoms with Crippen LogP contribution in [0.3, 0.4) is 0 Å². The van der Waals surface area contributed by atoms with Crippen LogP contribution < -0.4 is 14.8 Å². The standard InChI is InChI=1S/C17H28BrNO2/c1-5-11-19-12-10-13(2)6-7-14-8-9-15(20-3)16(18)17(14)21-4/h8-9,13,19H,5-7,10-12H2,1-4H3. The summed E-state index contributed by atoms with van der Waals surface area (Å²) in [6.45, 7) is 6.74. The Morgan fingerprint density at radius 2 is 1.90 bits per heavy atom. The Kier molecular flexibility index (Phi) is 8.77. The molecule has 0 spiro atoms. The van der Waals surface area contributed by atoms with E-state index in [9.17, 15) is 0 Å². The first kappa shape index (κ1) is 18.3. The van der Waals surface area contributed by atoms with Crippen LogP contribution in [0, 0.1) is 5.92 Å². The number of halogens is 1. The molecule has 0 amide bonds. The number of rotatable bonds is 10. The molecule has 0 saturated carbocycles. The number of nitrogens with one attached hydrogen (secondary N) is 1. The second-order valence-corrected chi connectivity index (χ2v) is 6.25. The third kappa shape index (κ3) is 5.87. The zero-order valence-corrected chi connectivity index (χ0v) is 15.3. The van der Waals surface area contributed by atoms with Gasteiger partial charge in [0.05, 0.1) is 14.2 Å². The van der Waals surface area contributed by atoms with Crippen molar-refractivity contribution in [2.75, 3.05) is 27.3 Å². The summed E-state index contributed by atoms with van der Waals surface area (Å²) in [5.74, 6) is 2.41. The molecule has 3 nitrogen and oxygen atoms in total. The molecule has 1 aromatic carbocycles. The van der Waals surface area contributed by atoms with Crippen molar-refractivity contribution < 1.29 is 9.47 Å². The molecule has 4 heteroatoms. The lowest BCUT2D eigenvalue weighted by molar-refractivity contribution is 0.384. The van der Waals surface area contributed by atoms with Crippen LogP contribution in [0.25, 0.3) is 0 Å². The average molecular weight is 358 g/mol. The predicted molar refractivity (Wildman–Crippen MR) is 92.5 cm³/mol. The van der Waals surface area contributed by atoms with Gasteiger partial charge in [0, 0.05) is 0 Å². The Labute approximate surface area is 137 Å². The molecule has 0 aromatic heterocycles. The van der Waals surface area contributed by atoms with Crippen molar-refractivity contribution in [2.45, 2.75) is 39.5 Å². The van der Waals surface area contributed by atoms with E-state index < -0.39 is 0 Å². The molecule has 120 valence electrons. The number of benzene rings is 1. The first-order chi connectivity index (χ1) is 10.1. The minimum Gasteiger partial charge on any atom is -0.495 e. The summed E-state index contributed by atoms with van der Waals surface area (Å²) < 4.78 is 11.7. The zero-order valence-electron chi connectivity index (χ0n) is 13.7. The molecular formula is C17H28BrNO2. The molecule has 0 radical (unpaired) electrons. The molecule has 0 fully saturated rings. The van der Waals surface area contributed by atoms with Gasteiger partial charge in [0.2, 0.25) is 0 Å². The Bertz CT molecular complexity index is 423. The van der Waals surface area contributed by atoms with E-state index in [0.717, 1.165) is 35.5 Å². The SMILES string of the molecule is CCCNCCC(C)CCc1ccc(OC)c(Br)c1OC. The van der Waals surface area contributed by atoms with Gasteiger partial charge in [-0.2, -0.15) is 0 Å². The largest absolute Gasteiger partial charge is 0.495 e. The molecule has 0 heterocycles. The first-order valence-electron chi connectivity index (χ1n) is 7.74. The van der Waals surface area contributed by atoms with E-state index >= 15 is 0 Å². The van der Waals surface area contributed by atoms with E-state index in [1.807, 2.05) is 6.07 Å². The van der Waals surface area contributed by atoms with Gasteiger partial charge >= 0.3 is 0 Å². The van der Waals surface area contributed by atoms with Gasteiger partial charge in [-0.05, 0) is 72.3 Å². The highest BCUT2D eigenvalue weighted by molar-refractivity contribution is 9.10. The molecule has 1 atom stereocenters. The van der Waals surface area contributed by atoms with Gasteiger partial charge in [0.15, 0.2) is 0 Å². The van der Waals surface area contributed by atoms with Gasteiger partial charge in [0.1, 0.15) is 16.0 Å². The Morgan fingerprint density at radius 1 is 1.14 bits per heavy atom. The first-order valence-corrected chi connectivity index (χ1v) is 8.53. The van der Waals surface area contributed by atoms with Gasteiger partial charge in [-0.15, -0.1) is 0 Å². The minimum atomic E-state index is 0.708. The maximum absolute atomic E-state index is 5.52. The molecule has 1 unspecified atom stereocenters. The summed E-state index contributed by atoms with van der Waals surface area (Å²) in [6.07, 6.45) is 4.62. The fraction of sp³-hybridized carbons (Fsp3) is 0.647. The van der Waals surface area contributed by atoms with Crippen LogP contribution in [-0.2, 0) is 6.42 Å². The van der Waals surface area contributed by atoms with E-state index in [0.29, 0.717) is 5.92 Å². The van der Waals surface area contributed by atoms with Crippen LogP contribution in [0.5, 0.6) is 11.5 Å². The molecular weight excluding hydrogens is 330 g/mol. The number of aryl methyl sites for hydroxylation is 1. The van der Waals surface area contributed by atoms with Crippen LogP contribution in [-0.4, -0.2) is 27.3 Å². The Balaban J connectivity index is 2.53. The fourth-order valence-corrected chi connectivity index (χ4v) is 3.06. The maximum Gasteiger partial charge on any atom is 0.139 e. The van der Waals surface area contributed by atoms with Gasteiger partial charge in [-0.25, -0.2) is 0 Å². The summed E-state index contributed by atoms with van der Waals surface area (Å²) >= 11 is 3.56. The van der Waals surface area contributed by atoms with E-state index in [2.05, 4.69) is 41.2 Å². The van der Waals surface area contributed by atoms with Crippen LogP contribution in [0.2, 0.25) is 0 Å². The molecule has 21 heavy (non-hydrogen) atoms. The molecule has 1 rings (SSSR count). The van der Waals surface area contributed by atoms with E-state index in [-0.39, 0.29) is 0 Å². The summed E-state index contributed by atoms with van der Waals surface area (Å²) in [7, 11) is 3.38. The minimum absolute atomic E-state index is 0.708. The summed E-state index contributed by atoms with van der Waals surface area (Å²) in [5, 5.41) is 3.46. The van der Waals surface area contributed by atoms with E-state index in [1.54, 1.807) is 14.2 Å². The Hall–Kier alpha value is -0.740. The normalized spacial score (nSPS) is 12.2. The quantitative estimate of drug-likeness (QED) is 0.628. The molecule has 0 aliphatic rings. The van der Waals surface area contributed by atoms with Crippen LogP contribution in [0.1, 0.15) is 38.7 Å². The summed E-state index contributed by atoms with van der Waals surface area (Å²) in [5.41, 5.74) is 1.23. The highest BCUT2D eigenvalue weighted by atomic mass is 79.9. The van der Waals surface area contributed by atoms with Crippen LogP contribution >= 0.6 is 15.9 Å². The highest BCUT2D eigenvalue weighted by Gasteiger charge is 2.13.